The van der Waals surface area contributed by atoms with Crippen LogP contribution in [0.15, 0.2) is 67.0 Å². The number of amides is 1. The van der Waals surface area contributed by atoms with Crippen LogP contribution in [0.3, 0.4) is 0 Å². The minimum absolute atomic E-state index is 0.0344. The minimum atomic E-state index is -4.42. The first kappa shape index (κ1) is 19.2. The Morgan fingerprint density at radius 3 is 2.52 bits per heavy atom. The fourth-order valence-corrected chi connectivity index (χ4v) is 3.45. The van der Waals surface area contributed by atoms with Gasteiger partial charge in [0.1, 0.15) is 0 Å². The molecule has 0 bridgehead atoms. The van der Waals surface area contributed by atoms with E-state index in [0.29, 0.717) is 11.1 Å². The number of rotatable bonds is 5. The van der Waals surface area contributed by atoms with Crippen LogP contribution in [0.4, 0.5) is 13.2 Å². The average molecular weight is 399 g/mol. The molecule has 29 heavy (non-hydrogen) atoms. The Hall–Kier alpha value is -3.09. The van der Waals surface area contributed by atoms with E-state index >= 15 is 0 Å². The number of para-hydroxylation sites is 1. The Bertz CT molecular complexity index is 1010. The zero-order valence-electron chi connectivity index (χ0n) is 15.8. The van der Waals surface area contributed by atoms with Crippen molar-refractivity contribution in [2.24, 2.45) is 0 Å². The second-order valence-corrected chi connectivity index (χ2v) is 7.25. The smallest absolute Gasteiger partial charge is 0.329 e. The van der Waals surface area contributed by atoms with E-state index in [9.17, 15) is 18.0 Å². The number of nitrogens with zero attached hydrogens (tertiary/aromatic N) is 3. The zero-order valence-corrected chi connectivity index (χ0v) is 15.8. The van der Waals surface area contributed by atoms with Crippen LogP contribution in [0.2, 0.25) is 0 Å². The van der Waals surface area contributed by atoms with E-state index in [0.717, 1.165) is 30.7 Å². The van der Waals surface area contributed by atoms with E-state index in [1.165, 1.54) is 12.3 Å². The molecule has 7 heteroatoms. The third-order valence-corrected chi connectivity index (χ3v) is 5.14. The van der Waals surface area contributed by atoms with Gasteiger partial charge < -0.3 is 4.90 Å². The van der Waals surface area contributed by atoms with Gasteiger partial charge in [-0.2, -0.15) is 18.3 Å². The summed E-state index contributed by atoms with van der Waals surface area (Å²) in [5.74, 6) is -0.223. The highest BCUT2D eigenvalue weighted by molar-refractivity contribution is 5.94. The lowest BCUT2D eigenvalue weighted by molar-refractivity contribution is -0.137. The number of alkyl halides is 3. The van der Waals surface area contributed by atoms with Crippen molar-refractivity contribution in [3.63, 3.8) is 0 Å². The molecule has 150 valence electrons. The van der Waals surface area contributed by atoms with Crippen molar-refractivity contribution in [2.45, 2.75) is 38.0 Å². The number of hydrogen-bond acceptors (Lipinski definition) is 2. The summed E-state index contributed by atoms with van der Waals surface area (Å²) >= 11 is 0. The monoisotopic (exact) mass is 399 g/mol. The molecule has 1 atom stereocenters. The standard InChI is InChI=1S/C22H20F3N3O/c1-15(16-6-5-7-18(12-16)22(23,24)25)28(20-10-11-20)21(29)17-13-26-27(14-17)19-8-3-2-4-9-19/h2-9,12-15,20H,10-11H2,1H3. The summed E-state index contributed by atoms with van der Waals surface area (Å²) in [4.78, 5) is 14.9. The first-order chi connectivity index (χ1) is 13.8. The summed E-state index contributed by atoms with van der Waals surface area (Å²) in [6.07, 6.45) is 0.445. The number of carbonyl (C=O) groups is 1. The van der Waals surface area contributed by atoms with E-state index in [1.54, 1.807) is 28.8 Å². The molecule has 0 N–H and O–H groups in total. The molecule has 1 heterocycles. The molecule has 3 aromatic rings. The Morgan fingerprint density at radius 1 is 1.14 bits per heavy atom. The Morgan fingerprint density at radius 2 is 1.86 bits per heavy atom. The predicted octanol–water partition coefficient (Wildman–Crippen LogP) is 5.26. The van der Waals surface area contributed by atoms with Crippen molar-refractivity contribution in [1.82, 2.24) is 14.7 Å². The van der Waals surface area contributed by atoms with Gasteiger partial charge >= 0.3 is 6.18 Å². The van der Waals surface area contributed by atoms with Crippen LogP contribution in [0.5, 0.6) is 0 Å². The predicted molar refractivity (Wildman–Crippen MR) is 103 cm³/mol. The molecule has 1 fully saturated rings. The fraction of sp³-hybridized carbons (Fsp3) is 0.273. The molecular formula is C22H20F3N3O. The molecule has 1 aliphatic carbocycles. The quantitative estimate of drug-likeness (QED) is 0.587. The van der Waals surface area contributed by atoms with Gasteiger partial charge in [0.05, 0.1) is 29.1 Å². The van der Waals surface area contributed by atoms with Gasteiger partial charge in [-0.15, -0.1) is 0 Å². The molecule has 1 unspecified atom stereocenters. The van der Waals surface area contributed by atoms with Gasteiger partial charge in [-0.25, -0.2) is 4.68 Å². The van der Waals surface area contributed by atoms with E-state index in [4.69, 9.17) is 0 Å². The largest absolute Gasteiger partial charge is 0.416 e. The lowest BCUT2D eigenvalue weighted by Gasteiger charge is -2.30. The zero-order chi connectivity index (χ0) is 20.6. The second kappa shape index (κ2) is 7.39. The number of benzene rings is 2. The summed E-state index contributed by atoms with van der Waals surface area (Å²) in [5, 5.41) is 4.27. The highest BCUT2D eigenvalue weighted by Crippen LogP contribution is 2.37. The van der Waals surface area contributed by atoms with Gasteiger partial charge in [-0.1, -0.05) is 30.3 Å². The van der Waals surface area contributed by atoms with Gasteiger partial charge in [0, 0.05) is 12.2 Å². The van der Waals surface area contributed by atoms with Crippen LogP contribution in [0, 0.1) is 0 Å². The molecule has 1 saturated carbocycles. The highest BCUT2D eigenvalue weighted by atomic mass is 19.4. The molecule has 1 amide bonds. The van der Waals surface area contributed by atoms with E-state index in [1.807, 2.05) is 30.3 Å². The summed E-state index contributed by atoms with van der Waals surface area (Å²) in [6, 6.07) is 14.2. The first-order valence-corrected chi connectivity index (χ1v) is 9.44. The third kappa shape index (κ3) is 4.04. The number of hydrogen-bond donors (Lipinski definition) is 0. The van der Waals surface area contributed by atoms with E-state index in [-0.39, 0.29) is 11.9 Å². The molecule has 0 spiro atoms. The molecule has 0 aliphatic heterocycles. The summed E-state index contributed by atoms with van der Waals surface area (Å²) in [6.45, 7) is 1.77. The normalized spacial score (nSPS) is 15.2. The molecule has 4 nitrogen and oxygen atoms in total. The lowest BCUT2D eigenvalue weighted by Crippen LogP contribution is -2.35. The maximum absolute atomic E-state index is 13.2. The van der Waals surface area contributed by atoms with Crippen molar-refractivity contribution in [3.05, 3.63) is 83.7 Å². The van der Waals surface area contributed by atoms with Crippen LogP contribution in [0.25, 0.3) is 5.69 Å². The number of carbonyl (C=O) groups excluding carboxylic acids is 1. The molecule has 1 aromatic heterocycles. The highest BCUT2D eigenvalue weighted by Gasteiger charge is 2.38. The Balaban J connectivity index is 1.61. The Labute approximate surface area is 166 Å². The van der Waals surface area contributed by atoms with Crippen molar-refractivity contribution in [3.8, 4) is 5.69 Å². The van der Waals surface area contributed by atoms with Crippen molar-refractivity contribution < 1.29 is 18.0 Å². The average Bonchev–Trinajstić information content (AvgIpc) is 3.42. The maximum Gasteiger partial charge on any atom is 0.416 e. The van der Waals surface area contributed by atoms with Crippen LogP contribution in [-0.2, 0) is 6.18 Å². The summed E-state index contributed by atoms with van der Waals surface area (Å²) in [5.41, 5.74) is 1.01. The van der Waals surface area contributed by atoms with Gasteiger partial charge in [-0.05, 0) is 49.6 Å². The van der Waals surface area contributed by atoms with Gasteiger partial charge in [-0.3, -0.25) is 4.79 Å². The van der Waals surface area contributed by atoms with Crippen LogP contribution in [-0.4, -0.2) is 26.6 Å². The van der Waals surface area contributed by atoms with Crippen LogP contribution in [0.1, 0.15) is 47.3 Å². The SMILES string of the molecule is CC(c1cccc(C(F)(F)F)c1)N(C(=O)c1cnn(-c2ccccc2)c1)C1CC1. The molecule has 0 radical (unpaired) electrons. The van der Waals surface area contributed by atoms with Crippen molar-refractivity contribution in [2.75, 3.05) is 0 Å². The van der Waals surface area contributed by atoms with Gasteiger partial charge in [0.25, 0.3) is 5.91 Å². The minimum Gasteiger partial charge on any atom is -0.329 e. The Kier molecular flexibility index (Phi) is 4.90. The van der Waals surface area contributed by atoms with E-state index < -0.39 is 17.8 Å². The lowest BCUT2D eigenvalue weighted by atomic mass is 10.0. The number of halogens is 3. The molecule has 1 aliphatic rings. The molecule has 2 aromatic carbocycles. The van der Waals surface area contributed by atoms with Crippen molar-refractivity contribution >= 4 is 5.91 Å². The molecule has 0 saturated heterocycles. The van der Waals surface area contributed by atoms with Crippen LogP contribution < -0.4 is 0 Å². The van der Waals surface area contributed by atoms with Crippen molar-refractivity contribution in [1.29, 1.82) is 0 Å². The van der Waals surface area contributed by atoms with Gasteiger partial charge in [0.2, 0.25) is 0 Å². The maximum atomic E-state index is 13.2. The fourth-order valence-electron chi connectivity index (χ4n) is 3.45. The van der Waals surface area contributed by atoms with Gasteiger partial charge in [0.15, 0.2) is 0 Å². The first-order valence-electron chi connectivity index (χ1n) is 9.44. The molecule has 4 rings (SSSR count). The topological polar surface area (TPSA) is 38.1 Å². The summed E-state index contributed by atoms with van der Waals surface area (Å²) in [7, 11) is 0. The van der Waals surface area contributed by atoms with Crippen LogP contribution >= 0.6 is 0 Å². The second-order valence-electron chi connectivity index (χ2n) is 7.25. The number of aromatic nitrogens is 2. The summed E-state index contributed by atoms with van der Waals surface area (Å²) < 4.78 is 40.9. The molecular weight excluding hydrogens is 379 g/mol. The third-order valence-electron chi connectivity index (χ3n) is 5.14. The van der Waals surface area contributed by atoms with E-state index in [2.05, 4.69) is 5.10 Å².